The second-order valence-electron chi connectivity index (χ2n) is 5.60. The average molecular weight is 330 g/mol. The molecule has 0 aliphatic carbocycles. The normalized spacial score (nSPS) is 27.9. The van der Waals surface area contributed by atoms with Gasteiger partial charge in [0.25, 0.3) is 0 Å². The van der Waals surface area contributed by atoms with Crippen molar-refractivity contribution in [1.82, 2.24) is 0 Å². The Morgan fingerprint density at radius 3 is 2.70 bits per heavy atom. The van der Waals surface area contributed by atoms with Crippen LogP contribution in [0.1, 0.15) is 23.1 Å². The molecule has 4 rings (SSSR count). The Morgan fingerprint density at radius 1 is 1.22 bits per heavy atom. The average Bonchev–Trinajstić information content (AvgIpc) is 3.01. The predicted molar refractivity (Wildman–Crippen MR) is 83.5 cm³/mol. The number of azo groups is 1. The van der Waals surface area contributed by atoms with E-state index < -0.39 is 17.7 Å². The highest BCUT2D eigenvalue weighted by molar-refractivity contribution is 6.30. The molecule has 7 heteroatoms. The van der Waals surface area contributed by atoms with Gasteiger partial charge in [-0.05, 0) is 18.2 Å². The maximum Gasteiger partial charge on any atom is 0.378 e. The highest BCUT2D eigenvalue weighted by atomic mass is 35.5. The molecule has 0 saturated heterocycles. The molecule has 0 N–H and O–H groups in total. The second kappa shape index (κ2) is 5.03. The summed E-state index contributed by atoms with van der Waals surface area (Å²) < 4.78 is 6.00. The Bertz CT molecular complexity index is 808. The van der Waals surface area contributed by atoms with Crippen LogP contribution in [0.4, 0.5) is 0 Å². The fourth-order valence-corrected chi connectivity index (χ4v) is 3.43. The molecule has 0 bridgehead atoms. The van der Waals surface area contributed by atoms with Crippen LogP contribution in [0.2, 0.25) is 5.02 Å². The molecule has 2 aromatic carbocycles. The van der Waals surface area contributed by atoms with E-state index >= 15 is 0 Å². The summed E-state index contributed by atoms with van der Waals surface area (Å²) >= 11 is 5.92. The third-order valence-electron chi connectivity index (χ3n) is 4.40. The van der Waals surface area contributed by atoms with Crippen LogP contribution in [0.5, 0.6) is 5.75 Å². The number of nitro groups is 1. The molecule has 0 spiro atoms. The maximum absolute atomic E-state index is 12.0. The van der Waals surface area contributed by atoms with Gasteiger partial charge in [0, 0.05) is 16.1 Å². The van der Waals surface area contributed by atoms with Crippen molar-refractivity contribution < 1.29 is 9.66 Å². The number of benzene rings is 2. The first-order valence-electron chi connectivity index (χ1n) is 7.17. The number of halogens is 1. The Kier molecular flexibility index (Phi) is 3.09. The van der Waals surface area contributed by atoms with Crippen molar-refractivity contribution in [3.05, 3.63) is 74.8 Å². The molecular formula is C16H12ClN3O3. The number of nitrogens with zero attached hydrogens (tertiary/aromatic N) is 3. The molecule has 116 valence electrons. The second-order valence-corrected chi connectivity index (χ2v) is 6.04. The van der Waals surface area contributed by atoms with Gasteiger partial charge in [-0.15, -0.1) is 5.11 Å². The molecule has 0 aromatic heterocycles. The molecule has 0 fully saturated rings. The molecule has 23 heavy (non-hydrogen) atoms. The minimum atomic E-state index is -1.64. The number of fused-ring (bicyclic) bond motifs is 3. The lowest BCUT2D eigenvalue weighted by Gasteiger charge is -2.36. The van der Waals surface area contributed by atoms with Gasteiger partial charge in [0.05, 0.1) is 11.5 Å². The maximum atomic E-state index is 12.0. The van der Waals surface area contributed by atoms with Crippen LogP contribution in [0, 0.1) is 10.1 Å². The summed E-state index contributed by atoms with van der Waals surface area (Å²) in [6, 6.07) is 14.2. The standard InChI is InChI=1S/C16H12ClN3O3/c17-11-7-5-10(6-8-11)15-16(20(21)22)13(9-18-19-16)12-3-1-2-4-14(12)23-15/h1-8,13,15H,9H2/t13-,15+,16+/m1/s1. The summed E-state index contributed by atoms with van der Waals surface area (Å²) in [5.74, 6) is 0.199. The predicted octanol–water partition coefficient (Wildman–Crippen LogP) is 4.00. The third-order valence-corrected chi connectivity index (χ3v) is 4.65. The van der Waals surface area contributed by atoms with Gasteiger partial charge in [-0.3, -0.25) is 10.1 Å². The smallest absolute Gasteiger partial charge is 0.378 e. The lowest BCUT2D eigenvalue weighted by molar-refractivity contribution is -0.586. The van der Waals surface area contributed by atoms with E-state index in [0.717, 1.165) is 5.56 Å². The first-order chi connectivity index (χ1) is 11.1. The van der Waals surface area contributed by atoms with Crippen molar-refractivity contribution in [2.45, 2.75) is 17.7 Å². The Hall–Kier alpha value is -2.47. The van der Waals surface area contributed by atoms with Crippen molar-refractivity contribution in [2.75, 3.05) is 6.54 Å². The van der Waals surface area contributed by atoms with Gasteiger partial charge in [-0.1, -0.05) is 41.9 Å². The first-order valence-corrected chi connectivity index (χ1v) is 7.55. The number of hydrogen-bond acceptors (Lipinski definition) is 5. The summed E-state index contributed by atoms with van der Waals surface area (Å²) in [5, 5.41) is 20.6. The third kappa shape index (κ3) is 1.95. The summed E-state index contributed by atoms with van der Waals surface area (Å²) in [6.45, 7) is 0.283. The van der Waals surface area contributed by atoms with E-state index in [-0.39, 0.29) is 11.5 Å². The Labute approximate surface area is 136 Å². The van der Waals surface area contributed by atoms with Crippen LogP contribution < -0.4 is 4.74 Å². The zero-order valence-corrected chi connectivity index (χ0v) is 12.7. The van der Waals surface area contributed by atoms with Gasteiger partial charge in [0.1, 0.15) is 11.7 Å². The highest BCUT2D eigenvalue weighted by Crippen LogP contribution is 2.53. The van der Waals surface area contributed by atoms with Crippen LogP contribution in [0.15, 0.2) is 58.8 Å². The van der Waals surface area contributed by atoms with Crippen LogP contribution in [0.25, 0.3) is 0 Å². The van der Waals surface area contributed by atoms with Gasteiger partial charge in [0.2, 0.25) is 6.10 Å². The molecule has 0 amide bonds. The number of ether oxygens (including phenoxy) is 1. The SMILES string of the molecule is O=[N+]([O-])[C@@]12N=NC[C@@H]1c1ccccc1O[C@H]2c1ccc(Cl)cc1. The largest absolute Gasteiger partial charge is 0.475 e. The fourth-order valence-electron chi connectivity index (χ4n) is 3.30. The minimum Gasteiger partial charge on any atom is -0.475 e. The van der Waals surface area contributed by atoms with Gasteiger partial charge < -0.3 is 4.74 Å². The number of hydrogen-bond donors (Lipinski definition) is 0. The van der Waals surface area contributed by atoms with Crippen LogP contribution >= 0.6 is 11.6 Å². The van der Waals surface area contributed by atoms with E-state index in [1.807, 2.05) is 24.3 Å². The molecule has 2 aliphatic rings. The van der Waals surface area contributed by atoms with Gasteiger partial charge in [0.15, 0.2) is 0 Å². The van der Waals surface area contributed by atoms with E-state index in [1.165, 1.54) is 0 Å². The molecule has 3 atom stereocenters. The van der Waals surface area contributed by atoms with Crippen molar-refractivity contribution >= 4 is 11.6 Å². The summed E-state index contributed by atoms with van der Waals surface area (Å²) in [5.41, 5.74) is -0.201. The fraction of sp³-hybridized carbons (Fsp3) is 0.250. The monoisotopic (exact) mass is 329 g/mol. The molecule has 6 nitrogen and oxygen atoms in total. The molecule has 0 radical (unpaired) electrons. The van der Waals surface area contributed by atoms with E-state index in [4.69, 9.17) is 16.3 Å². The summed E-state index contributed by atoms with van der Waals surface area (Å²) in [7, 11) is 0. The van der Waals surface area contributed by atoms with E-state index in [2.05, 4.69) is 10.2 Å². The molecule has 2 aromatic rings. The molecule has 0 saturated carbocycles. The van der Waals surface area contributed by atoms with Crippen LogP contribution in [-0.4, -0.2) is 17.1 Å². The quantitative estimate of drug-likeness (QED) is 0.617. The molecule has 0 unspecified atom stereocenters. The van der Waals surface area contributed by atoms with Crippen molar-refractivity contribution in [2.24, 2.45) is 10.2 Å². The van der Waals surface area contributed by atoms with Gasteiger partial charge in [-0.25, -0.2) is 0 Å². The van der Waals surface area contributed by atoms with Crippen LogP contribution in [0.3, 0.4) is 0 Å². The topological polar surface area (TPSA) is 77.1 Å². The number of para-hydroxylation sites is 1. The Balaban J connectivity index is 1.92. The first kappa shape index (κ1) is 14.1. The minimum absolute atomic E-state index is 0.283. The molecule has 2 aliphatic heterocycles. The Morgan fingerprint density at radius 2 is 1.96 bits per heavy atom. The van der Waals surface area contributed by atoms with Crippen molar-refractivity contribution in [3.8, 4) is 5.75 Å². The zero-order valence-electron chi connectivity index (χ0n) is 11.9. The van der Waals surface area contributed by atoms with E-state index in [0.29, 0.717) is 16.3 Å². The van der Waals surface area contributed by atoms with Crippen LogP contribution in [-0.2, 0) is 0 Å². The van der Waals surface area contributed by atoms with E-state index in [9.17, 15) is 10.1 Å². The van der Waals surface area contributed by atoms with Gasteiger partial charge in [-0.2, -0.15) is 5.11 Å². The highest BCUT2D eigenvalue weighted by Gasteiger charge is 2.65. The number of rotatable bonds is 2. The molecule has 2 heterocycles. The van der Waals surface area contributed by atoms with Crippen molar-refractivity contribution in [3.63, 3.8) is 0 Å². The lowest BCUT2D eigenvalue weighted by atomic mass is 9.79. The molecular weight excluding hydrogens is 318 g/mol. The van der Waals surface area contributed by atoms with Gasteiger partial charge >= 0.3 is 5.66 Å². The lowest BCUT2D eigenvalue weighted by Crippen LogP contribution is -2.51. The zero-order chi connectivity index (χ0) is 16.0. The summed E-state index contributed by atoms with van der Waals surface area (Å²) in [4.78, 5) is 11.6. The van der Waals surface area contributed by atoms with Crippen molar-refractivity contribution in [1.29, 1.82) is 0 Å². The van der Waals surface area contributed by atoms with E-state index in [1.54, 1.807) is 24.3 Å². The summed E-state index contributed by atoms with van der Waals surface area (Å²) in [6.07, 6.45) is -0.846.